The Morgan fingerprint density at radius 3 is 2.59 bits per heavy atom. The second-order valence-corrected chi connectivity index (χ2v) is 7.04. The Morgan fingerprint density at radius 1 is 1.47 bits per heavy atom. The molecule has 1 aliphatic carbocycles. The summed E-state index contributed by atoms with van der Waals surface area (Å²) in [4.78, 5) is 14.0. The summed E-state index contributed by atoms with van der Waals surface area (Å²) < 4.78 is 0. The second-order valence-electron chi connectivity index (χ2n) is 7.04. The maximum Gasteiger partial charge on any atom is 0.137 e. The van der Waals surface area contributed by atoms with Crippen LogP contribution in [0.4, 0.5) is 0 Å². The van der Waals surface area contributed by atoms with Gasteiger partial charge in [0.25, 0.3) is 0 Å². The number of carbonyl (C=O) groups excluding carboxylic acids is 1. The van der Waals surface area contributed by atoms with E-state index >= 15 is 0 Å². The summed E-state index contributed by atoms with van der Waals surface area (Å²) in [7, 11) is 1.98. The van der Waals surface area contributed by atoms with Crippen LogP contribution in [0, 0.1) is 11.3 Å². The van der Waals surface area contributed by atoms with Crippen LogP contribution in [0.1, 0.15) is 47.0 Å². The van der Waals surface area contributed by atoms with E-state index in [2.05, 4.69) is 18.7 Å². The van der Waals surface area contributed by atoms with Crippen LogP contribution in [0.15, 0.2) is 0 Å². The van der Waals surface area contributed by atoms with Gasteiger partial charge in [-0.2, -0.15) is 0 Å². The number of carbonyl (C=O) groups is 1. The lowest BCUT2D eigenvalue weighted by Crippen LogP contribution is -2.42. The minimum absolute atomic E-state index is 0.145. The van der Waals surface area contributed by atoms with E-state index in [1.165, 1.54) is 0 Å². The van der Waals surface area contributed by atoms with E-state index in [4.69, 9.17) is 0 Å². The summed E-state index contributed by atoms with van der Waals surface area (Å²) in [6.07, 6.45) is 2.70. The molecule has 3 heteroatoms. The average Bonchev–Trinajstić information content (AvgIpc) is 2.07. The third-order valence-corrected chi connectivity index (χ3v) is 3.49. The Labute approximate surface area is 105 Å². The standard InChI is InChI=1S/C14H27NO2/c1-13(2)7-6-12(16)11(8-13)9-15(5)10-14(3,4)17/h11,17H,6-10H2,1-5H3. The largest absolute Gasteiger partial charge is 0.389 e. The third-order valence-electron chi connectivity index (χ3n) is 3.49. The SMILES string of the molecule is CN(CC1CC(C)(C)CCC1=O)CC(C)(C)O. The van der Waals surface area contributed by atoms with Gasteiger partial charge in [-0.15, -0.1) is 0 Å². The molecule has 0 saturated heterocycles. The molecule has 1 saturated carbocycles. The Morgan fingerprint density at radius 2 is 2.06 bits per heavy atom. The summed E-state index contributed by atoms with van der Waals surface area (Å²) >= 11 is 0. The predicted molar refractivity (Wildman–Crippen MR) is 69.9 cm³/mol. The molecule has 0 aromatic rings. The molecule has 17 heavy (non-hydrogen) atoms. The van der Waals surface area contributed by atoms with Gasteiger partial charge in [-0.1, -0.05) is 13.8 Å². The van der Waals surface area contributed by atoms with Crippen LogP contribution < -0.4 is 0 Å². The van der Waals surface area contributed by atoms with Crippen molar-refractivity contribution >= 4 is 5.78 Å². The van der Waals surface area contributed by atoms with Crippen LogP contribution in [-0.4, -0.2) is 41.5 Å². The number of hydrogen-bond donors (Lipinski definition) is 1. The first-order valence-corrected chi connectivity index (χ1v) is 6.53. The van der Waals surface area contributed by atoms with E-state index in [1.807, 2.05) is 7.05 Å². The van der Waals surface area contributed by atoms with Gasteiger partial charge in [0.2, 0.25) is 0 Å². The monoisotopic (exact) mass is 241 g/mol. The fraction of sp³-hybridized carbons (Fsp3) is 0.929. The van der Waals surface area contributed by atoms with Crippen molar-refractivity contribution < 1.29 is 9.90 Å². The zero-order valence-electron chi connectivity index (χ0n) is 11.9. The quantitative estimate of drug-likeness (QED) is 0.819. The van der Waals surface area contributed by atoms with Gasteiger partial charge in [-0.25, -0.2) is 0 Å². The molecule has 0 aliphatic heterocycles. The highest BCUT2D eigenvalue weighted by atomic mass is 16.3. The topological polar surface area (TPSA) is 40.5 Å². The van der Waals surface area contributed by atoms with Crippen LogP contribution in [-0.2, 0) is 4.79 Å². The first-order valence-electron chi connectivity index (χ1n) is 6.53. The number of aliphatic hydroxyl groups is 1. The molecule has 0 amide bonds. The van der Waals surface area contributed by atoms with Crippen molar-refractivity contribution in [3.63, 3.8) is 0 Å². The fourth-order valence-corrected chi connectivity index (χ4v) is 2.82. The highest BCUT2D eigenvalue weighted by Crippen LogP contribution is 2.36. The number of hydrogen-bond acceptors (Lipinski definition) is 3. The molecule has 1 rings (SSSR count). The zero-order valence-corrected chi connectivity index (χ0v) is 11.9. The van der Waals surface area contributed by atoms with Gasteiger partial charge in [0.05, 0.1) is 5.60 Å². The van der Waals surface area contributed by atoms with Crippen LogP contribution in [0.25, 0.3) is 0 Å². The van der Waals surface area contributed by atoms with E-state index in [0.29, 0.717) is 18.7 Å². The van der Waals surface area contributed by atoms with Crippen molar-refractivity contribution in [2.45, 2.75) is 52.6 Å². The Kier molecular flexibility index (Phi) is 4.37. The number of likely N-dealkylation sites (N-methyl/N-ethyl adjacent to an activating group) is 1. The van der Waals surface area contributed by atoms with Crippen molar-refractivity contribution in [2.24, 2.45) is 11.3 Å². The van der Waals surface area contributed by atoms with Gasteiger partial charge < -0.3 is 10.0 Å². The molecule has 1 aliphatic rings. The van der Waals surface area contributed by atoms with Crippen molar-refractivity contribution in [3.05, 3.63) is 0 Å². The van der Waals surface area contributed by atoms with E-state index in [0.717, 1.165) is 19.4 Å². The normalized spacial score (nSPS) is 25.4. The minimum atomic E-state index is -0.692. The van der Waals surface area contributed by atoms with Gasteiger partial charge in [-0.3, -0.25) is 4.79 Å². The highest BCUT2D eigenvalue weighted by Gasteiger charge is 2.34. The summed E-state index contributed by atoms with van der Waals surface area (Å²) in [6, 6.07) is 0. The average molecular weight is 241 g/mol. The van der Waals surface area contributed by atoms with Gasteiger partial charge in [0.1, 0.15) is 5.78 Å². The molecule has 3 nitrogen and oxygen atoms in total. The van der Waals surface area contributed by atoms with Gasteiger partial charge in [0, 0.05) is 25.4 Å². The number of Topliss-reactive ketones (excluding diaryl/α,β-unsaturated/α-hetero) is 1. The maximum absolute atomic E-state index is 11.9. The van der Waals surface area contributed by atoms with Crippen LogP contribution >= 0.6 is 0 Å². The van der Waals surface area contributed by atoms with Crippen LogP contribution in [0.3, 0.4) is 0 Å². The van der Waals surface area contributed by atoms with E-state index in [1.54, 1.807) is 13.8 Å². The lowest BCUT2D eigenvalue weighted by molar-refractivity contribution is -0.128. The zero-order chi connectivity index (χ0) is 13.3. The number of nitrogens with zero attached hydrogens (tertiary/aromatic N) is 1. The lowest BCUT2D eigenvalue weighted by atomic mass is 9.71. The smallest absolute Gasteiger partial charge is 0.137 e. The molecule has 1 N–H and O–H groups in total. The molecule has 100 valence electrons. The van der Waals surface area contributed by atoms with Gasteiger partial charge in [-0.05, 0) is 39.2 Å². The Balaban J connectivity index is 2.52. The lowest BCUT2D eigenvalue weighted by Gasteiger charge is -2.36. The van der Waals surface area contributed by atoms with Crippen LogP contribution in [0.2, 0.25) is 0 Å². The molecule has 0 heterocycles. The van der Waals surface area contributed by atoms with Crippen molar-refractivity contribution in [1.82, 2.24) is 4.90 Å². The van der Waals surface area contributed by atoms with Crippen LogP contribution in [0.5, 0.6) is 0 Å². The third kappa shape index (κ3) is 5.17. The first kappa shape index (κ1) is 14.7. The molecule has 0 spiro atoms. The predicted octanol–water partition coefficient (Wildman–Crippen LogP) is 2.08. The fourth-order valence-electron chi connectivity index (χ4n) is 2.82. The first-order chi connectivity index (χ1) is 7.59. The van der Waals surface area contributed by atoms with Gasteiger partial charge >= 0.3 is 0 Å². The summed E-state index contributed by atoms with van der Waals surface area (Å²) in [6.45, 7) is 9.46. The van der Waals surface area contributed by atoms with E-state index < -0.39 is 5.60 Å². The van der Waals surface area contributed by atoms with E-state index in [-0.39, 0.29) is 11.3 Å². The van der Waals surface area contributed by atoms with E-state index in [9.17, 15) is 9.90 Å². The molecule has 1 fully saturated rings. The molecule has 0 bridgehead atoms. The molecule has 0 radical (unpaired) electrons. The van der Waals surface area contributed by atoms with Gasteiger partial charge in [0.15, 0.2) is 0 Å². The summed E-state index contributed by atoms with van der Waals surface area (Å²) in [5.74, 6) is 0.540. The molecular weight excluding hydrogens is 214 g/mol. The second kappa shape index (κ2) is 5.07. The molecule has 1 unspecified atom stereocenters. The number of ketones is 1. The molecule has 0 aromatic heterocycles. The minimum Gasteiger partial charge on any atom is -0.389 e. The molecule has 0 aromatic carbocycles. The maximum atomic E-state index is 11.9. The number of rotatable bonds is 4. The Bertz CT molecular complexity index is 278. The van der Waals surface area contributed by atoms with Crippen molar-refractivity contribution in [2.75, 3.05) is 20.1 Å². The molecular formula is C14H27NO2. The Hall–Kier alpha value is -0.410. The summed E-state index contributed by atoms with van der Waals surface area (Å²) in [5, 5.41) is 9.76. The van der Waals surface area contributed by atoms with Crippen molar-refractivity contribution in [1.29, 1.82) is 0 Å². The molecule has 1 atom stereocenters. The van der Waals surface area contributed by atoms with Crippen molar-refractivity contribution in [3.8, 4) is 0 Å². The highest BCUT2D eigenvalue weighted by molar-refractivity contribution is 5.82. The summed E-state index contributed by atoms with van der Waals surface area (Å²) in [5.41, 5.74) is -0.407.